The predicted molar refractivity (Wildman–Crippen MR) is 71.6 cm³/mol. The van der Waals surface area contributed by atoms with Gasteiger partial charge in [0.05, 0.1) is 17.0 Å². The summed E-state index contributed by atoms with van der Waals surface area (Å²) in [7, 11) is -4.63. The fourth-order valence-corrected chi connectivity index (χ4v) is 2.66. The highest BCUT2D eigenvalue weighted by atomic mass is 32.2. The topological polar surface area (TPSA) is 95.5 Å². The highest BCUT2D eigenvalue weighted by Crippen LogP contribution is 2.35. The van der Waals surface area contributed by atoms with E-state index in [1.807, 2.05) is 0 Å². The van der Waals surface area contributed by atoms with Gasteiger partial charge in [-0.05, 0) is 18.2 Å². The van der Waals surface area contributed by atoms with Gasteiger partial charge in [-0.15, -0.1) is 6.42 Å². The molecule has 0 unspecified atom stereocenters. The maximum Gasteiger partial charge on any atom is 0.417 e. The van der Waals surface area contributed by atoms with Crippen LogP contribution in [-0.4, -0.2) is 32.6 Å². The van der Waals surface area contributed by atoms with E-state index in [9.17, 15) is 26.4 Å². The van der Waals surface area contributed by atoms with E-state index >= 15 is 0 Å². The van der Waals surface area contributed by atoms with Crippen LogP contribution in [0.5, 0.6) is 0 Å². The Labute approximate surface area is 124 Å². The van der Waals surface area contributed by atoms with Crippen LogP contribution in [-0.2, 0) is 21.0 Å². The summed E-state index contributed by atoms with van der Waals surface area (Å²) in [6.45, 7) is -1.07. The molecule has 0 bridgehead atoms. The zero-order valence-electron chi connectivity index (χ0n) is 10.9. The van der Waals surface area contributed by atoms with E-state index < -0.39 is 39.2 Å². The second-order valence-corrected chi connectivity index (χ2v) is 5.72. The molecular weight excluding hydrogens is 325 g/mol. The summed E-state index contributed by atoms with van der Waals surface area (Å²) in [5, 5.41) is 10.9. The zero-order valence-corrected chi connectivity index (χ0v) is 11.8. The molecule has 0 aliphatic heterocycles. The smallest absolute Gasteiger partial charge is 0.417 e. The van der Waals surface area contributed by atoms with Gasteiger partial charge >= 0.3 is 12.1 Å². The molecule has 0 saturated heterocycles. The number of carboxylic acid groups (broad SMARTS) is 1. The lowest BCUT2D eigenvalue weighted by atomic mass is 10.2. The number of anilines is 1. The summed E-state index contributed by atoms with van der Waals surface area (Å²) < 4.78 is 64.2. The standard InChI is InChI=1S/C12H11F3N2O4S/c1-2-5-16-8-3-4-10(9(6-8)12(13,14)15)22(20,21)17-7-11(18)19/h1,3-4,6,16-17H,5,7H2,(H,18,19). The molecule has 0 radical (unpaired) electrons. The van der Waals surface area contributed by atoms with Crippen molar-refractivity contribution in [1.82, 2.24) is 4.72 Å². The predicted octanol–water partition coefficient (Wildman–Crippen LogP) is 1.11. The number of alkyl halides is 3. The first-order chi connectivity index (χ1) is 10.1. The van der Waals surface area contributed by atoms with Crippen molar-refractivity contribution in [2.75, 3.05) is 18.4 Å². The number of terminal acetylenes is 1. The van der Waals surface area contributed by atoms with E-state index in [2.05, 4.69) is 11.2 Å². The van der Waals surface area contributed by atoms with Crippen LogP contribution < -0.4 is 10.0 Å². The van der Waals surface area contributed by atoms with Crippen LogP contribution in [0.2, 0.25) is 0 Å². The third kappa shape index (κ3) is 4.64. The molecule has 0 saturated carbocycles. The van der Waals surface area contributed by atoms with Crippen LogP contribution in [0.15, 0.2) is 23.1 Å². The number of carbonyl (C=O) groups is 1. The molecule has 0 spiro atoms. The van der Waals surface area contributed by atoms with Gasteiger partial charge in [0.2, 0.25) is 10.0 Å². The maximum atomic E-state index is 13.0. The lowest BCUT2D eigenvalue weighted by molar-refractivity contribution is -0.139. The van der Waals surface area contributed by atoms with Crippen molar-refractivity contribution in [3.8, 4) is 12.3 Å². The average Bonchev–Trinajstić information content (AvgIpc) is 2.42. The molecule has 1 rings (SSSR count). The Morgan fingerprint density at radius 1 is 1.36 bits per heavy atom. The molecule has 0 aliphatic rings. The molecule has 1 aromatic carbocycles. The van der Waals surface area contributed by atoms with Crippen molar-refractivity contribution in [1.29, 1.82) is 0 Å². The first kappa shape index (κ1) is 17.8. The number of aliphatic carboxylic acids is 1. The van der Waals surface area contributed by atoms with Gasteiger partial charge in [-0.1, -0.05) is 5.92 Å². The quantitative estimate of drug-likeness (QED) is 0.677. The van der Waals surface area contributed by atoms with Crippen molar-refractivity contribution in [2.24, 2.45) is 0 Å². The number of hydrogen-bond acceptors (Lipinski definition) is 4. The second-order valence-electron chi connectivity index (χ2n) is 3.98. The fourth-order valence-electron chi connectivity index (χ4n) is 1.48. The van der Waals surface area contributed by atoms with E-state index in [0.717, 1.165) is 12.1 Å². The van der Waals surface area contributed by atoms with Crippen molar-refractivity contribution in [3.05, 3.63) is 23.8 Å². The average molecular weight is 336 g/mol. The van der Waals surface area contributed by atoms with Gasteiger partial charge in [0.15, 0.2) is 0 Å². The Kier molecular flexibility index (Phi) is 5.40. The first-order valence-corrected chi connectivity index (χ1v) is 7.16. The number of rotatable bonds is 6. The Morgan fingerprint density at radius 2 is 2.00 bits per heavy atom. The SMILES string of the molecule is C#CCNc1ccc(S(=O)(=O)NCC(=O)O)c(C(F)(F)F)c1. The summed E-state index contributed by atoms with van der Waals surface area (Å²) in [6.07, 6.45) is 0.0277. The van der Waals surface area contributed by atoms with Gasteiger partial charge in [0.25, 0.3) is 0 Å². The van der Waals surface area contributed by atoms with E-state index in [4.69, 9.17) is 11.5 Å². The lowest BCUT2D eigenvalue weighted by Gasteiger charge is -2.15. The monoisotopic (exact) mass is 336 g/mol. The van der Waals surface area contributed by atoms with Crippen LogP contribution in [0.25, 0.3) is 0 Å². The molecule has 0 atom stereocenters. The molecule has 22 heavy (non-hydrogen) atoms. The number of benzene rings is 1. The van der Waals surface area contributed by atoms with Gasteiger partial charge in [-0.25, -0.2) is 8.42 Å². The minimum atomic E-state index is -4.94. The highest BCUT2D eigenvalue weighted by molar-refractivity contribution is 7.89. The number of sulfonamides is 1. The van der Waals surface area contributed by atoms with Crippen molar-refractivity contribution in [3.63, 3.8) is 0 Å². The molecule has 120 valence electrons. The zero-order chi connectivity index (χ0) is 17.0. The van der Waals surface area contributed by atoms with Crippen LogP contribution in [0.4, 0.5) is 18.9 Å². The van der Waals surface area contributed by atoms with Crippen molar-refractivity contribution < 1.29 is 31.5 Å². The molecule has 0 fully saturated rings. The number of nitrogens with one attached hydrogen (secondary N) is 2. The van der Waals surface area contributed by atoms with Crippen LogP contribution >= 0.6 is 0 Å². The normalized spacial score (nSPS) is 11.7. The summed E-state index contributed by atoms with van der Waals surface area (Å²) in [5.74, 6) is 0.640. The van der Waals surface area contributed by atoms with Gasteiger partial charge < -0.3 is 10.4 Å². The van der Waals surface area contributed by atoms with E-state index in [1.165, 1.54) is 0 Å². The Balaban J connectivity index is 3.30. The molecular formula is C12H11F3N2O4S. The summed E-state index contributed by atoms with van der Waals surface area (Å²) in [5.41, 5.74) is -1.44. The third-order valence-electron chi connectivity index (χ3n) is 2.38. The molecule has 0 amide bonds. The number of hydrogen-bond donors (Lipinski definition) is 3. The third-order valence-corrected chi connectivity index (χ3v) is 3.84. The summed E-state index contributed by atoms with van der Waals surface area (Å²) in [4.78, 5) is 9.29. The maximum absolute atomic E-state index is 13.0. The summed E-state index contributed by atoms with van der Waals surface area (Å²) in [6, 6.07) is 2.42. The molecule has 0 heterocycles. The fraction of sp³-hybridized carbons (Fsp3) is 0.250. The molecule has 0 aliphatic carbocycles. The number of halogens is 3. The molecule has 6 nitrogen and oxygen atoms in total. The molecule has 1 aromatic rings. The van der Waals surface area contributed by atoms with Crippen LogP contribution in [0, 0.1) is 12.3 Å². The van der Waals surface area contributed by atoms with E-state index in [1.54, 1.807) is 4.72 Å². The van der Waals surface area contributed by atoms with Gasteiger partial charge in [-0.2, -0.15) is 17.9 Å². The van der Waals surface area contributed by atoms with E-state index in [-0.39, 0.29) is 12.2 Å². The molecule has 0 aromatic heterocycles. The van der Waals surface area contributed by atoms with Gasteiger partial charge in [0.1, 0.15) is 6.54 Å². The minimum Gasteiger partial charge on any atom is -0.480 e. The second kappa shape index (κ2) is 6.67. The van der Waals surface area contributed by atoms with Gasteiger partial charge in [-0.3, -0.25) is 4.79 Å². The summed E-state index contributed by atoms with van der Waals surface area (Å²) >= 11 is 0. The Bertz CT molecular complexity index is 708. The number of carboxylic acids is 1. The van der Waals surface area contributed by atoms with Crippen LogP contribution in [0.3, 0.4) is 0 Å². The molecule has 10 heteroatoms. The van der Waals surface area contributed by atoms with E-state index in [0.29, 0.717) is 6.07 Å². The first-order valence-electron chi connectivity index (χ1n) is 5.68. The Hall–Kier alpha value is -2.25. The Morgan fingerprint density at radius 3 is 2.50 bits per heavy atom. The lowest BCUT2D eigenvalue weighted by Crippen LogP contribution is -2.31. The molecule has 3 N–H and O–H groups in total. The largest absolute Gasteiger partial charge is 0.480 e. The highest BCUT2D eigenvalue weighted by Gasteiger charge is 2.37. The van der Waals surface area contributed by atoms with Crippen LogP contribution in [0.1, 0.15) is 5.56 Å². The minimum absolute atomic E-state index is 0.0116. The van der Waals surface area contributed by atoms with Gasteiger partial charge in [0, 0.05) is 5.69 Å². The van der Waals surface area contributed by atoms with Crippen molar-refractivity contribution >= 4 is 21.7 Å². The van der Waals surface area contributed by atoms with Crippen molar-refractivity contribution in [2.45, 2.75) is 11.1 Å².